The van der Waals surface area contributed by atoms with E-state index >= 15 is 0 Å². The van der Waals surface area contributed by atoms with Crippen LogP contribution in [0.4, 0.5) is 0 Å². The first kappa shape index (κ1) is 13.0. The second-order valence-corrected chi connectivity index (χ2v) is 4.58. The van der Waals surface area contributed by atoms with Gasteiger partial charge in [0.1, 0.15) is 6.04 Å². The van der Waals surface area contributed by atoms with Crippen molar-refractivity contribution < 1.29 is 9.59 Å². The fraction of sp³-hybridized carbons (Fsp3) is 0.818. The van der Waals surface area contributed by atoms with E-state index in [1.54, 1.807) is 11.9 Å². The van der Waals surface area contributed by atoms with Gasteiger partial charge in [0.2, 0.25) is 11.8 Å². The van der Waals surface area contributed by atoms with Crippen LogP contribution in [0, 0.1) is 5.92 Å². The van der Waals surface area contributed by atoms with Crippen molar-refractivity contribution in [1.82, 2.24) is 15.1 Å². The summed E-state index contributed by atoms with van der Waals surface area (Å²) in [5.41, 5.74) is 0. The van der Waals surface area contributed by atoms with Crippen LogP contribution >= 0.6 is 0 Å². The molecule has 0 aromatic rings. The van der Waals surface area contributed by atoms with Crippen molar-refractivity contribution >= 4 is 11.8 Å². The summed E-state index contributed by atoms with van der Waals surface area (Å²) in [7, 11) is 3.57. The monoisotopic (exact) mass is 227 g/mol. The Bertz CT molecular complexity index is 278. The molecule has 5 nitrogen and oxygen atoms in total. The first-order valence-electron chi connectivity index (χ1n) is 5.68. The molecule has 0 aliphatic carbocycles. The Balaban J connectivity index is 2.80. The Hall–Kier alpha value is -1.10. The number of hydrogen-bond donors (Lipinski definition) is 1. The van der Waals surface area contributed by atoms with Crippen LogP contribution in [0.1, 0.15) is 13.8 Å². The second-order valence-electron chi connectivity index (χ2n) is 4.58. The van der Waals surface area contributed by atoms with Crippen molar-refractivity contribution in [3.05, 3.63) is 0 Å². The molecule has 16 heavy (non-hydrogen) atoms. The molecule has 1 rings (SSSR count). The van der Waals surface area contributed by atoms with Crippen LogP contribution in [-0.4, -0.2) is 61.4 Å². The summed E-state index contributed by atoms with van der Waals surface area (Å²) in [6.07, 6.45) is 0. The average molecular weight is 227 g/mol. The summed E-state index contributed by atoms with van der Waals surface area (Å²) in [6.45, 7) is 5.79. The zero-order valence-corrected chi connectivity index (χ0v) is 10.5. The van der Waals surface area contributed by atoms with Crippen LogP contribution in [0.15, 0.2) is 0 Å². The summed E-state index contributed by atoms with van der Waals surface area (Å²) >= 11 is 0. The van der Waals surface area contributed by atoms with Gasteiger partial charge >= 0.3 is 0 Å². The van der Waals surface area contributed by atoms with Gasteiger partial charge in [-0.15, -0.1) is 0 Å². The summed E-state index contributed by atoms with van der Waals surface area (Å²) in [5, 5.41) is 2.62. The highest BCUT2D eigenvalue weighted by atomic mass is 16.2. The van der Waals surface area contributed by atoms with Crippen LogP contribution < -0.4 is 5.32 Å². The molecule has 5 heteroatoms. The highest BCUT2D eigenvalue weighted by Gasteiger charge is 2.34. The van der Waals surface area contributed by atoms with Crippen molar-refractivity contribution in [3.8, 4) is 0 Å². The predicted molar refractivity (Wildman–Crippen MR) is 61.9 cm³/mol. The molecule has 1 heterocycles. The third kappa shape index (κ3) is 2.72. The van der Waals surface area contributed by atoms with Crippen molar-refractivity contribution in [2.45, 2.75) is 19.9 Å². The summed E-state index contributed by atoms with van der Waals surface area (Å²) in [6, 6.07) is -0.348. The minimum Gasteiger partial charge on any atom is -0.357 e. The Labute approximate surface area is 96.8 Å². The molecule has 2 amide bonds. The molecule has 1 saturated heterocycles. The van der Waals surface area contributed by atoms with E-state index in [2.05, 4.69) is 10.2 Å². The molecule has 0 spiro atoms. The van der Waals surface area contributed by atoms with Crippen LogP contribution in [0.25, 0.3) is 0 Å². The number of likely N-dealkylation sites (N-methyl/N-ethyl adjacent to an activating group) is 2. The fourth-order valence-corrected chi connectivity index (χ4v) is 1.91. The Morgan fingerprint density at radius 1 is 1.31 bits per heavy atom. The molecule has 1 atom stereocenters. The number of nitrogens with zero attached hydrogens (tertiary/aromatic N) is 2. The normalized spacial score (nSPS) is 22.3. The van der Waals surface area contributed by atoms with Gasteiger partial charge in [-0.25, -0.2) is 0 Å². The fourth-order valence-electron chi connectivity index (χ4n) is 1.91. The number of carbonyl (C=O) groups is 2. The van der Waals surface area contributed by atoms with Crippen LogP contribution in [0.5, 0.6) is 0 Å². The molecule has 0 radical (unpaired) electrons. The molecule has 0 saturated carbocycles. The highest BCUT2D eigenvalue weighted by molar-refractivity contribution is 5.88. The Morgan fingerprint density at radius 3 is 2.44 bits per heavy atom. The van der Waals surface area contributed by atoms with Gasteiger partial charge in [-0.3, -0.25) is 9.59 Å². The number of hydrogen-bond acceptors (Lipinski definition) is 3. The first-order chi connectivity index (χ1) is 7.47. The van der Waals surface area contributed by atoms with E-state index in [1.807, 2.05) is 20.9 Å². The molecule has 1 N–H and O–H groups in total. The molecule has 1 aliphatic rings. The maximum atomic E-state index is 12.0. The zero-order chi connectivity index (χ0) is 12.3. The minimum absolute atomic E-state index is 0.0571. The van der Waals surface area contributed by atoms with E-state index in [9.17, 15) is 9.59 Å². The smallest absolute Gasteiger partial charge is 0.243 e. The van der Waals surface area contributed by atoms with Crippen molar-refractivity contribution in [2.75, 3.05) is 33.7 Å². The van der Waals surface area contributed by atoms with Crippen LogP contribution in [-0.2, 0) is 9.59 Å². The zero-order valence-electron chi connectivity index (χ0n) is 10.5. The third-order valence-corrected chi connectivity index (χ3v) is 2.91. The van der Waals surface area contributed by atoms with Gasteiger partial charge in [-0.1, -0.05) is 13.8 Å². The lowest BCUT2D eigenvalue weighted by Crippen LogP contribution is -2.60. The van der Waals surface area contributed by atoms with Gasteiger partial charge < -0.3 is 15.1 Å². The Kier molecular flexibility index (Phi) is 4.29. The quantitative estimate of drug-likeness (QED) is 0.694. The lowest BCUT2D eigenvalue weighted by Gasteiger charge is -2.39. The number of rotatable bonds is 2. The summed E-state index contributed by atoms with van der Waals surface area (Å²) < 4.78 is 0. The number of nitrogens with one attached hydrogen (secondary N) is 1. The van der Waals surface area contributed by atoms with Gasteiger partial charge in [0.25, 0.3) is 0 Å². The first-order valence-corrected chi connectivity index (χ1v) is 5.68. The van der Waals surface area contributed by atoms with Crippen molar-refractivity contribution in [2.24, 2.45) is 5.92 Å². The van der Waals surface area contributed by atoms with Gasteiger partial charge in [0.05, 0.1) is 0 Å². The molecule has 1 unspecified atom stereocenters. The SMILES string of the molecule is CNC(=O)C1CN(C)CCN1C(=O)C(C)C. The minimum atomic E-state index is -0.348. The molecular weight excluding hydrogens is 206 g/mol. The standard InChI is InChI=1S/C11H21N3O2/c1-8(2)11(16)14-6-5-13(4)7-9(14)10(15)12-3/h8-9H,5-7H2,1-4H3,(H,12,15). The Morgan fingerprint density at radius 2 is 1.94 bits per heavy atom. The van der Waals surface area contributed by atoms with E-state index in [-0.39, 0.29) is 23.8 Å². The van der Waals surface area contributed by atoms with Crippen molar-refractivity contribution in [3.63, 3.8) is 0 Å². The average Bonchev–Trinajstić information content (AvgIpc) is 2.26. The van der Waals surface area contributed by atoms with Gasteiger partial charge in [-0.2, -0.15) is 0 Å². The summed E-state index contributed by atoms with van der Waals surface area (Å²) in [5.74, 6) is -0.0854. The molecule has 0 bridgehead atoms. The number of amides is 2. The predicted octanol–water partition coefficient (Wildman–Crippen LogP) is -0.469. The molecule has 1 fully saturated rings. The van der Waals surface area contributed by atoms with E-state index in [1.165, 1.54) is 0 Å². The van der Waals surface area contributed by atoms with E-state index in [0.717, 1.165) is 6.54 Å². The summed E-state index contributed by atoms with van der Waals surface area (Å²) in [4.78, 5) is 27.5. The second kappa shape index (κ2) is 5.30. The number of carbonyl (C=O) groups excluding carboxylic acids is 2. The van der Waals surface area contributed by atoms with Gasteiger partial charge in [0.15, 0.2) is 0 Å². The molecule has 1 aliphatic heterocycles. The van der Waals surface area contributed by atoms with Gasteiger partial charge in [-0.05, 0) is 7.05 Å². The molecule has 92 valence electrons. The van der Waals surface area contributed by atoms with E-state index in [4.69, 9.17) is 0 Å². The van der Waals surface area contributed by atoms with Gasteiger partial charge in [0, 0.05) is 32.6 Å². The molecular formula is C11H21N3O2. The highest BCUT2D eigenvalue weighted by Crippen LogP contribution is 2.12. The van der Waals surface area contributed by atoms with Crippen LogP contribution in [0.2, 0.25) is 0 Å². The van der Waals surface area contributed by atoms with E-state index in [0.29, 0.717) is 13.1 Å². The maximum absolute atomic E-state index is 12.0. The van der Waals surface area contributed by atoms with Crippen LogP contribution in [0.3, 0.4) is 0 Å². The maximum Gasteiger partial charge on any atom is 0.243 e. The molecule has 0 aromatic heterocycles. The lowest BCUT2D eigenvalue weighted by molar-refractivity contribution is -0.145. The lowest BCUT2D eigenvalue weighted by atomic mass is 10.1. The van der Waals surface area contributed by atoms with Crippen molar-refractivity contribution in [1.29, 1.82) is 0 Å². The largest absolute Gasteiger partial charge is 0.357 e. The number of piperazine rings is 1. The van der Waals surface area contributed by atoms with E-state index < -0.39 is 0 Å². The topological polar surface area (TPSA) is 52.7 Å². The molecule has 0 aromatic carbocycles. The third-order valence-electron chi connectivity index (χ3n) is 2.91.